The van der Waals surface area contributed by atoms with Gasteiger partial charge in [0, 0.05) is 58.3 Å². The Kier molecular flexibility index (Phi) is 7.54. The molecule has 0 saturated heterocycles. The van der Waals surface area contributed by atoms with Crippen LogP contribution in [0.4, 0.5) is 5.69 Å². The Bertz CT molecular complexity index is 1780. The SMILES string of the molecule is CC1C=C(c2cc3c(-c4ccccn4)ccnc3[nH]2)c2nc(C3=CI=CC(NC(=O)CC4CCCCC4)=C3)ccc2N1. The summed E-state index contributed by atoms with van der Waals surface area (Å²) in [7, 11) is 0. The summed E-state index contributed by atoms with van der Waals surface area (Å²) in [4.78, 5) is 30.7. The Labute approximate surface area is 255 Å². The van der Waals surface area contributed by atoms with E-state index in [-0.39, 0.29) is 32.7 Å². The molecule has 0 spiro atoms. The highest BCUT2D eigenvalue weighted by molar-refractivity contribution is 14.2. The molecule has 1 fully saturated rings. The van der Waals surface area contributed by atoms with Crippen LogP contribution in [0.15, 0.2) is 76.8 Å². The summed E-state index contributed by atoms with van der Waals surface area (Å²) < 4.78 is 4.46. The number of anilines is 1. The van der Waals surface area contributed by atoms with E-state index in [1.807, 2.05) is 36.7 Å². The number of carbonyl (C=O) groups excluding carboxylic acids is 1. The van der Waals surface area contributed by atoms with Crippen molar-refractivity contribution >= 4 is 58.5 Å². The summed E-state index contributed by atoms with van der Waals surface area (Å²) in [6, 6.07) is 14.5. The van der Waals surface area contributed by atoms with Crippen molar-refractivity contribution in [3.8, 4) is 11.3 Å². The number of nitrogens with one attached hydrogen (secondary N) is 3. The molecule has 4 aromatic heterocycles. The zero-order valence-corrected chi connectivity index (χ0v) is 25.7. The first kappa shape index (κ1) is 26.9. The Morgan fingerprint density at radius 3 is 2.81 bits per heavy atom. The van der Waals surface area contributed by atoms with Gasteiger partial charge in [0.2, 0.25) is 5.91 Å². The van der Waals surface area contributed by atoms with Gasteiger partial charge in [-0.1, -0.05) is 52.1 Å². The van der Waals surface area contributed by atoms with Gasteiger partial charge < -0.3 is 15.6 Å². The standard InChI is InChI=1S/C34H33IN6O/c1-21-15-27(31-18-26-25(12-14-37-34(26)41-31)29-9-5-6-13-36-29)33-30(38-21)11-10-28(40-33)23-17-24(20-35-19-23)39-32(42)16-22-7-3-2-4-8-22/h5-6,9-15,17-22,38H,2-4,7-8,16H2,1H3,(H,37,41)(H,39,42). The van der Waals surface area contributed by atoms with Gasteiger partial charge in [-0.25, -0.2) is 9.97 Å². The van der Waals surface area contributed by atoms with Crippen molar-refractivity contribution in [3.63, 3.8) is 0 Å². The molecule has 212 valence electrons. The Morgan fingerprint density at radius 2 is 1.95 bits per heavy atom. The number of nitrogens with zero attached hydrogens (tertiary/aromatic N) is 3. The molecule has 42 heavy (non-hydrogen) atoms. The molecular formula is C34H33IN6O. The zero-order valence-electron chi connectivity index (χ0n) is 23.5. The Balaban J connectivity index is 1.18. The molecule has 0 radical (unpaired) electrons. The predicted molar refractivity (Wildman–Crippen MR) is 179 cm³/mol. The van der Waals surface area contributed by atoms with Gasteiger partial charge in [0.15, 0.2) is 0 Å². The van der Waals surface area contributed by atoms with Gasteiger partial charge in [-0.3, -0.25) is 9.78 Å². The molecule has 1 amide bonds. The van der Waals surface area contributed by atoms with Crippen molar-refractivity contribution in [3.05, 3.63) is 93.9 Å². The van der Waals surface area contributed by atoms with Gasteiger partial charge in [0.25, 0.3) is 0 Å². The molecule has 4 aromatic rings. The third-order valence-corrected chi connectivity index (χ3v) is 10.2. The van der Waals surface area contributed by atoms with E-state index < -0.39 is 0 Å². The van der Waals surface area contributed by atoms with Crippen LogP contribution in [0.25, 0.3) is 33.4 Å². The smallest absolute Gasteiger partial charge is 0.224 e. The number of allylic oxidation sites excluding steroid dienone is 3. The van der Waals surface area contributed by atoms with Crippen LogP contribution in [-0.4, -0.2) is 35.9 Å². The number of halogens is 1. The van der Waals surface area contributed by atoms with Crippen molar-refractivity contribution < 1.29 is 4.79 Å². The monoisotopic (exact) mass is 668 g/mol. The highest BCUT2D eigenvalue weighted by Gasteiger charge is 2.23. The minimum Gasteiger partial charge on any atom is -0.377 e. The zero-order chi connectivity index (χ0) is 28.5. The van der Waals surface area contributed by atoms with E-state index in [1.54, 1.807) is 0 Å². The Morgan fingerprint density at radius 1 is 1.05 bits per heavy atom. The molecule has 7 nitrogen and oxygen atoms in total. The first-order chi connectivity index (χ1) is 20.6. The minimum absolute atomic E-state index is 0.133. The normalized spacial score (nSPS) is 18.7. The van der Waals surface area contributed by atoms with Crippen molar-refractivity contribution in [2.45, 2.75) is 51.5 Å². The number of fused-ring (bicyclic) bond motifs is 2. The van der Waals surface area contributed by atoms with Crippen LogP contribution in [0.1, 0.15) is 62.5 Å². The van der Waals surface area contributed by atoms with E-state index in [2.05, 4.69) is 71.0 Å². The summed E-state index contributed by atoms with van der Waals surface area (Å²) in [5.41, 5.74) is 9.60. The number of rotatable bonds is 6. The lowest BCUT2D eigenvalue weighted by atomic mass is 9.87. The molecular weight excluding hydrogens is 635 g/mol. The number of carbonyl (C=O) groups is 1. The van der Waals surface area contributed by atoms with E-state index in [1.165, 1.54) is 32.1 Å². The molecule has 0 aromatic carbocycles. The number of amides is 1. The molecule has 2 aliphatic heterocycles. The fourth-order valence-corrected chi connectivity index (χ4v) is 7.94. The number of hydrogen-bond donors (Lipinski definition) is 3. The molecule has 7 rings (SSSR count). The van der Waals surface area contributed by atoms with Gasteiger partial charge in [-0.05, 0) is 76.3 Å². The molecule has 1 aliphatic carbocycles. The topological polar surface area (TPSA) is 95.6 Å². The van der Waals surface area contributed by atoms with Crippen molar-refractivity contribution in [2.24, 2.45) is 5.92 Å². The molecule has 8 heteroatoms. The molecule has 3 N–H and O–H groups in total. The van der Waals surface area contributed by atoms with Crippen molar-refractivity contribution in [2.75, 3.05) is 5.32 Å². The van der Waals surface area contributed by atoms with Crippen LogP contribution in [0.2, 0.25) is 0 Å². The average Bonchev–Trinajstić information content (AvgIpc) is 3.46. The second-order valence-corrected chi connectivity index (χ2v) is 13.2. The van der Waals surface area contributed by atoms with Gasteiger partial charge in [-0.2, -0.15) is 0 Å². The summed E-state index contributed by atoms with van der Waals surface area (Å²) in [6.45, 7) is 2.14. The second-order valence-electron chi connectivity index (χ2n) is 11.3. The molecule has 1 saturated carbocycles. The van der Waals surface area contributed by atoms with Gasteiger partial charge >= 0.3 is 0 Å². The van der Waals surface area contributed by atoms with E-state index in [4.69, 9.17) is 4.98 Å². The van der Waals surface area contributed by atoms with E-state index in [9.17, 15) is 4.79 Å². The van der Waals surface area contributed by atoms with Crippen LogP contribution in [0.3, 0.4) is 0 Å². The van der Waals surface area contributed by atoms with Crippen molar-refractivity contribution in [1.29, 1.82) is 0 Å². The first-order valence-corrected chi connectivity index (χ1v) is 17.2. The van der Waals surface area contributed by atoms with Crippen LogP contribution in [0.5, 0.6) is 0 Å². The third kappa shape index (κ3) is 5.60. The molecule has 6 heterocycles. The van der Waals surface area contributed by atoms with Gasteiger partial charge in [-0.15, -0.1) is 0 Å². The second kappa shape index (κ2) is 11.8. The van der Waals surface area contributed by atoms with Crippen molar-refractivity contribution in [1.82, 2.24) is 25.3 Å². The maximum absolute atomic E-state index is 12.8. The summed E-state index contributed by atoms with van der Waals surface area (Å²) in [5, 5.41) is 7.78. The number of pyridine rings is 3. The minimum atomic E-state index is -0.321. The van der Waals surface area contributed by atoms with Crippen LogP contribution >= 0.6 is 20.7 Å². The van der Waals surface area contributed by atoms with Crippen LogP contribution < -0.4 is 10.6 Å². The lowest BCUT2D eigenvalue weighted by Gasteiger charge is -2.24. The maximum atomic E-state index is 12.8. The van der Waals surface area contributed by atoms with Crippen LogP contribution in [0, 0.1) is 5.92 Å². The van der Waals surface area contributed by atoms with E-state index >= 15 is 0 Å². The lowest BCUT2D eigenvalue weighted by molar-refractivity contribution is -0.121. The quantitative estimate of drug-likeness (QED) is 0.187. The number of hydrogen-bond acceptors (Lipinski definition) is 5. The average molecular weight is 669 g/mol. The van der Waals surface area contributed by atoms with E-state index in [0.717, 1.165) is 61.9 Å². The first-order valence-electron chi connectivity index (χ1n) is 14.7. The molecule has 3 aliphatic rings. The summed E-state index contributed by atoms with van der Waals surface area (Å²) >= 11 is -0.321. The fourth-order valence-electron chi connectivity index (χ4n) is 6.15. The number of H-pyrrole nitrogens is 1. The van der Waals surface area contributed by atoms with Gasteiger partial charge in [0.05, 0.1) is 22.8 Å². The molecule has 0 bridgehead atoms. The maximum Gasteiger partial charge on any atom is 0.224 e. The molecule has 1 atom stereocenters. The highest BCUT2D eigenvalue weighted by Crippen LogP contribution is 2.37. The Hall–Kier alpha value is -3.92. The summed E-state index contributed by atoms with van der Waals surface area (Å²) in [6.07, 6.45) is 14.7. The third-order valence-electron chi connectivity index (χ3n) is 8.16. The summed E-state index contributed by atoms with van der Waals surface area (Å²) in [5.74, 6) is 0.656. The van der Waals surface area contributed by atoms with Crippen LogP contribution in [-0.2, 0) is 4.79 Å². The molecule has 1 unspecified atom stereocenters. The number of aromatic nitrogens is 4. The number of aromatic amines is 1. The predicted octanol–water partition coefficient (Wildman–Crippen LogP) is 7.36. The largest absolute Gasteiger partial charge is 0.377 e. The van der Waals surface area contributed by atoms with E-state index in [0.29, 0.717) is 12.3 Å². The fraction of sp³-hybridized carbons (Fsp3) is 0.265. The lowest BCUT2D eigenvalue weighted by Crippen LogP contribution is -2.26. The highest BCUT2D eigenvalue weighted by atomic mass is 127. The van der Waals surface area contributed by atoms with Gasteiger partial charge in [0.1, 0.15) is 5.65 Å².